The molecule has 0 saturated carbocycles. The predicted octanol–water partition coefficient (Wildman–Crippen LogP) is 4.65. The van der Waals surface area contributed by atoms with Crippen LogP contribution in [0.4, 0.5) is 17.6 Å². The number of nitrogens with one attached hydrogen (secondary N) is 1. The lowest BCUT2D eigenvalue weighted by Crippen LogP contribution is -2.09. The number of nitrogens with zero attached hydrogens (tertiary/aromatic N) is 3. The number of hydrogen-bond acceptors (Lipinski definition) is 3. The first-order valence-electron chi connectivity index (χ1n) is 7.00. The number of benzene rings is 2. The van der Waals surface area contributed by atoms with Crippen LogP contribution >= 0.6 is 12.2 Å². The fourth-order valence-corrected chi connectivity index (χ4v) is 2.35. The van der Waals surface area contributed by atoms with E-state index in [1.165, 1.54) is 47.1 Å². The van der Waals surface area contributed by atoms with Gasteiger partial charge in [-0.25, -0.2) is 9.49 Å². The molecule has 0 aliphatic rings. The second-order valence-corrected chi connectivity index (χ2v) is 5.39. The zero-order valence-corrected chi connectivity index (χ0v) is 13.3. The second kappa shape index (κ2) is 6.60. The molecule has 9 heteroatoms. The van der Waals surface area contributed by atoms with E-state index >= 15 is 0 Å². The van der Waals surface area contributed by atoms with Crippen molar-refractivity contribution in [3.8, 4) is 11.4 Å². The SMILES string of the molecule is Fc1ccc(-c2n[nH]c(=S)n2/N=C\c2ccccc2C(F)(F)F)cc1. The minimum atomic E-state index is -4.50. The molecular formula is C16H10F4N4S. The van der Waals surface area contributed by atoms with Gasteiger partial charge >= 0.3 is 6.18 Å². The van der Waals surface area contributed by atoms with E-state index in [1.807, 2.05) is 0 Å². The summed E-state index contributed by atoms with van der Waals surface area (Å²) in [4.78, 5) is 0. The molecule has 0 saturated heterocycles. The number of H-pyrrole nitrogens is 1. The number of hydrogen-bond donors (Lipinski definition) is 1. The summed E-state index contributed by atoms with van der Waals surface area (Å²) in [5, 5.41) is 10.5. The Morgan fingerprint density at radius 2 is 1.76 bits per heavy atom. The van der Waals surface area contributed by atoms with E-state index in [1.54, 1.807) is 0 Å². The fraction of sp³-hybridized carbons (Fsp3) is 0.0625. The van der Waals surface area contributed by atoms with Crippen molar-refractivity contribution >= 4 is 18.4 Å². The Kier molecular flexibility index (Phi) is 4.49. The van der Waals surface area contributed by atoms with Crippen LogP contribution in [0.2, 0.25) is 0 Å². The van der Waals surface area contributed by atoms with Crippen LogP contribution in [0.5, 0.6) is 0 Å². The number of alkyl halides is 3. The van der Waals surface area contributed by atoms with Crippen molar-refractivity contribution in [2.75, 3.05) is 0 Å². The van der Waals surface area contributed by atoms with Gasteiger partial charge in [0.2, 0.25) is 4.77 Å². The average Bonchev–Trinajstić information content (AvgIpc) is 2.94. The monoisotopic (exact) mass is 366 g/mol. The molecule has 0 spiro atoms. The van der Waals surface area contributed by atoms with Gasteiger partial charge in [0, 0.05) is 11.1 Å². The molecule has 0 atom stereocenters. The molecule has 3 aromatic rings. The Morgan fingerprint density at radius 3 is 2.44 bits per heavy atom. The van der Waals surface area contributed by atoms with E-state index in [0.29, 0.717) is 5.56 Å². The number of aromatic amines is 1. The van der Waals surface area contributed by atoms with Gasteiger partial charge in [-0.2, -0.15) is 28.0 Å². The lowest BCUT2D eigenvalue weighted by molar-refractivity contribution is -0.137. The topological polar surface area (TPSA) is 46.0 Å². The van der Waals surface area contributed by atoms with E-state index in [0.717, 1.165) is 12.3 Å². The quantitative estimate of drug-likeness (QED) is 0.417. The van der Waals surface area contributed by atoms with Gasteiger partial charge in [0.1, 0.15) is 5.82 Å². The van der Waals surface area contributed by atoms with Crippen molar-refractivity contribution in [3.05, 3.63) is 70.2 Å². The maximum Gasteiger partial charge on any atom is 0.417 e. The first kappa shape index (κ1) is 17.0. The van der Waals surface area contributed by atoms with Gasteiger partial charge in [-0.05, 0) is 42.5 Å². The molecule has 3 rings (SSSR count). The van der Waals surface area contributed by atoms with Crippen LogP contribution < -0.4 is 0 Å². The van der Waals surface area contributed by atoms with E-state index in [9.17, 15) is 17.6 Å². The molecule has 1 heterocycles. The summed E-state index contributed by atoms with van der Waals surface area (Å²) in [7, 11) is 0. The van der Waals surface area contributed by atoms with E-state index in [4.69, 9.17) is 12.2 Å². The number of rotatable bonds is 3. The molecule has 4 nitrogen and oxygen atoms in total. The van der Waals surface area contributed by atoms with Crippen molar-refractivity contribution in [1.29, 1.82) is 0 Å². The second-order valence-electron chi connectivity index (χ2n) is 5.00. The van der Waals surface area contributed by atoms with Gasteiger partial charge in [-0.15, -0.1) is 0 Å². The smallest absolute Gasteiger partial charge is 0.250 e. The largest absolute Gasteiger partial charge is 0.417 e. The first-order chi connectivity index (χ1) is 11.9. The molecule has 0 amide bonds. The third kappa shape index (κ3) is 3.66. The molecule has 2 aromatic carbocycles. The van der Waals surface area contributed by atoms with Crippen molar-refractivity contribution in [1.82, 2.24) is 14.9 Å². The van der Waals surface area contributed by atoms with Crippen molar-refractivity contribution in [2.45, 2.75) is 6.18 Å². The third-order valence-electron chi connectivity index (χ3n) is 3.33. The maximum atomic E-state index is 13.0. The summed E-state index contributed by atoms with van der Waals surface area (Å²) >= 11 is 5.06. The highest BCUT2D eigenvalue weighted by Crippen LogP contribution is 2.31. The van der Waals surface area contributed by atoms with Gasteiger partial charge in [0.25, 0.3) is 0 Å². The third-order valence-corrected chi connectivity index (χ3v) is 3.60. The van der Waals surface area contributed by atoms with Crippen LogP contribution in [0.15, 0.2) is 53.6 Å². The maximum absolute atomic E-state index is 13.0. The van der Waals surface area contributed by atoms with Crippen molar-refractivity contribution < 1.29 is 17.6 Å². The summed E-state index contributed by atoms with van der Waals surface area (Å²) in [6.07, 6.45) is -3.44. The zero-order valence-electron chi connectivity index (χ0n) is 12.5. The minimum absolute atomic E-state index is 0.0973. The molecule has 0 unspecified atom stereocenters. The van der Waals surface area contributed by atoms with Crippen LogP contribution in [0.25, 0.3) is 11.4 Å². The van der Waals surface area contributed by atoms with Gasteiger partial charge in [-0.3, -0.25) is 0 Å². The molecule has 1 N–H and O–H groups in total. The molecular weight excluding hydrogens is 356 g/mol. The Bertz CT molecular complexity index is 971. The van der Waals surface area contributed by atoms with E-state index in [2.05, 4.69) is 15.3 Å². The highest BCUT2D eigenvalue weighted by Gasteiger charge is 2.32. The first-order valence-corrected chi connectivity index (χ1v) is 7.41. The predicted molar refractivity (Wildman–Crippen MR) is 87.2 cm³/mol. The number of halogens is 4. The van der Waals surface area contributed by atoms with Crippen molar-refractivity contribution in [2.24, 2.45) is 5.10 Å². The van der Waals surface area contributed by atoms with E-state index in [-0.39, 0.29) is 16.2 Å². The zero-order chi connectivity index (χ0) is 18.0. The van der Waals surface area contributed by atoms with Crippen molar-refractivity contribution in [3.63, 3.8) is 0 Å². The van der Waals surface area contributed by atoms with Crippen LogP contribution in [0, 0.1) is 10.6 Å². The Balaban J connectivity index is 2.03. The molecule has 0 aliphatic carbocycles. The minimum Gasteiger partial charge on any atom is -0.250 e. The van der Waals surface area contributed by atoms with Gasteiger partial charge in [-0.1, -0.05) is 18.2 Å². The fourth-order valence-electron chi connectivity index (χ4n) is 2.17. The van der Waals surface area contributed by atoms with Crippen LogP contribution in [-0.2, 0) is 6.18 Å². The summed E-state index contributed by atoms with van der Waals surface area (Å²) in [5.41, 5.74) is -0.407. The Hall–Kier alpha value is -2.81. The molecule has 0 radical (unpaired) electrons. The Morgan fingerprint density at radius 1 is 1.08 bits per heavy atom. The molecule has 0 bridgehead atoms. The highest BCUT2D eigenvalue weighted by molar-refractivity contribution is 7.71. The molecule has 0 aliphatic heterocycles. The average molecular weight is 366 g/mol. The van der Waals surface area contributed by atoms with Crippen LogP contribution in [0.3, 0.4) is 0 Å². The highest BCUT2D eigenvalue weighted by atomic mass is 32.1. The standard InChI is InChI=1S/C16H10F4N4S/c17-12-7-5-10(6-8-12)14-22-23-15(25)24(14)21-9-11-3-1-2-4-13(11)16(18,19)20/h1-9H,(H,23,25)/b21-9-. The molecule has 1 aromatic heterocycles. The van der Waals surface area contributed by atoms with Gasteiger partial charge < -0.3 is 0 Å². The van der Waals surface area contributed by atoms with Crippen LogP contribution in [-0.4, -0.2) is 21.1 Å². The summed E-state index contributed by atoms with van der Waals surface area (Å²) in [5.74, 6) is -0.169. The summed E-state index contributed by atoms with van der Waals surface area (Å²) in [6.45, 7) is 0. The summed E-state index contributed by atoms with van der Waals surface area (Å²) < 4.78 is 53.4. The van der Waals surface area contributed by atoms with E-state index < -0.39 is 17.6 Å². The lowest BCUT2D eigenvalue weighted by Gasteiger charge is -2.09. The van der Waals surface area contributed by atoms with Crippen LogP contribution in [0.1, 0.15) is 11.1 Å². The van der Waals surface area contributed by atoms with Gasteiger partial charge in [0.15, 0.2) is 5.82 Å². The Labute approximate surface area is 144 Å². The number of aromatic nitrogens is 3. The molecule has 128 valence electrons. The lowest BCUT2D eigenvalue weighted by atomic mass is 10.1. The normalized spacial score (nSPS) is 12.0. The molecule has 25 heavy (non-hydrogen) atoms. The van der Waals surface area contributed by atoms with Gasteiger partial charge in [0.05, 0.1) is 11.8 Å². The molecule has 0 fully saturated rings. The summed E-state index contributed by atoms with van der Waals surface area (Å²) in [6, 6.07) is 10.5.